The first-order chi connectivity index (χ1) is 13.3. The summed E-state index contributed by atoms with van der Waals surface area (Å²) in [6.07, 6.45) is 0.157. The lowest BCUT2D eigenvalue weighted by Gasteiger charge is -2.09. The van der Waals surface area contributed by atoms with Gasteiger partial charge in [0.2, 0.25) is 15.8 Å². The Balaban J connectivity index is 2.11. The predicted octanol–water partition coefficient (Wildman–Crippen LogP) is 2.81. The minimum Gasteiger partial charge on any atom is -0.465 e. The third-order valence-electron chi connectivity index (χ3n) is 3.73. The van der Waals surface area contributed by atoms with Crippen LogP contribution in [-0.4, -0.2) is 40.9 Å². The fourth-order valence-corrected chi connectivity index (χ4v) is 4.47. The molecule has 2 N–H and O–H groups in total. The number of aromatic nitrogens is 3. The van der Waals surface area contributed by atoms with E-state index in [0.717, 1.165) is 4.68 Å². The van der Waals surface area contributed by atoms with Crippen molar-refractivity contribution in [1.82, 2.24) is 20.1 Å². The van der Waals surface area contributed by atoms with E-state index < -0.39 is 21.9 Å². The number of hydrogen-bond donors (Lipinski definition) is 2. The third kappa shape index (κ3) is 4.20. The van der Waals surface area contributed by atoms with Crippen LogP contribution in [0.1, 0.15) is 5.69 Å². The number of carbonyl (C=O) groups is 1. The minimum atomic E-state index is -4.04. The second-order valence-electron chi connectivity index (χ2n) is 5.64. The summed E-state index contributed by atoms with van der Waals surface area (Å²) in [6, 6.07) is 10.2. The summed E-state index contributed by atoms with van der Waals surface area (Å²) in [5.74, 6) is -0.883. The van der Waals surface area contributed by atoms with E-state index in [9.17, 15) is 17.6 Å². The molecular formula is C17H14BrFN4O4S. The Morgan fingerprint density at radius 3 is 2.71 bits per heavy atom. The minimum absolute atomic E-state index is 0.00235. The van der Waals surface area contributed by atoms with Gasteiger partial charge in [-0.1, -0.05) is 22.0 Å². The molecular weight excluding hydrogens is 455 g/mol. The molecule has 2 aromatic heterocycles. The number of pyridine rings is 1. The summed E-state index contributed by atoms with van der Waals surface area (Å²) < 4.78 is 42.1. The molecule has 0 fully saturated rings. The summed E-state index contributed by atoms with van der Waals surface area (Å²) >= 11 is 3.23. The molecule has 11 heteroatoms. The van der Waals surface area contributed by atoms with Crippen LogP contribution in [0.4, 0.5) is 9.18 Å². The summed E-state index contributed by atoms with van der Waals surface area (Å²) in [4.78, 5) is 14.2. The Morgan fingerprint density at radius 2 is 2.04 bits per heavy atom. The standard InChI is InChI=1S/C17H14BrFN4O4S/c18-11-3-1-4-13(9-11)28(26,27)15-10-12(6-8-21-17(24)25)22-23(15)14-5-2-7-20-16(14)19/h1-5,7,9-10,21H,6,8H2,(H,24,25). The van der Waals surface area contributed by atoms with E-state index in [0.29, 0.717) is 4.47 Å². The van der Waals surface area contributed by atoms with Gasteiger partial charge in [0.05, 0.1) is 10.6 Å². The van der Waals surface area contributed by atoms with Gasteiger partial charge in [0.1, 0.15) is 5.69 Å². The number of hydrogen-bond acceptors (Lipinski definition) is 5. The first kappa shape index (κ1) is 20.0. The van der Waals surface area contributed by atoms with Crippen molar-refractivity contribution >= 4 is 31.9 Å². The molecule has 1 aromatic carbocycles. The van der Waals surface area contributed by atoms with Gasteiger partial charge in [-0.2, -0.15) is 9.49 Å². The number of nitrogens with one attached hydrogen (secondary N) is 1. The quantitative estimate of drug-likeness (QED) is 0.537. The van der Waals surface area contributed by atoms with Crippen molar-refractivity contribution in [1.29, 1.82) is 0 Å². The SMILES string of the molecule is O=C(O)NCCc1cc(S(=O)(=O)c2cccc(Br)c2)n(-c2cccnc2F)n1. The van der Waals surface area contributed by atoms with Crippen molar-refractivity contribution in [3.63, 3.8) is 0 Å². The van der Waals surface area contributed by atoms with Crippen molar-refractivity contribution in [3.8, 4) is 5.69 Å². The van der Waals surface area contributed by atoms with Gasteiger partial charge >= 0.3 is 6.09 Å². The van der Waals surface area contributed by atoms with Gasteiger partial charge in [0.15, 0.2) is 5.03 Å². The Bertz CT molecular complexity index is 1130. The van der Waals surface area contributed by atoms with E-state index in [2.05, 4.69) is 31.3 Å². The van der Waals surface area contributed by atoms with Gasteiger partial charge in [-0.15, -0.1) is 0 Å². The first-order valence-electron chi connectivity index (χ1n) is 7.96. The predicted molar refractivity (Wildman–Crippen MR) is 101 cm³/mol. The molecule has 1 amide bonds. The number of sulfone groups is 1. The summed E-state index contributed by atoms with van der Waals surface area (Å²) in [5, 5.41) is 14.8. The molecule has 28 heavy (non-hydrogen) atoms. The fraction of sp³-hybridized carbons (Fsp3) is 0.118. The maximum atomic E-state index is 14.2. The number of rotatable bonds is 6. The molecule has 0 radical (unpaired) electrons. The average Bonchev–Trinajstić information content (AvgIpc) is 3.06. The Kier molecular flexibility index (Phi) is 5.75. The lowest BCUT2D eigenvalue weighted by atomic mass is 10.3. The van der Waals surface area contributed by atoms with Crippen LogP contribution in [0, 0.1) is 5.95 Å². The molecule has 3 aromatic rings. The van der Waals surface area contributed by atoms with Crippen molar-refractivity contribution in [2.75, 3.05) is 6.54 Å². The molecule has 146 valence electrons. The van der Waals surface area contributed by atoms with Gasteiger partial charge < -0.3 is 10.4 Å². The van der Waals surface area contributed by atoms with Crippen molar-refractivity contribution in [3.05, 3.63) is 64.8 Å². The van der Waals surface area contributed by atoms with Crippen LogP contribution in [-0.2, 0) is 16.3 Å². The van der Waals surface area contributed by atoms with E-state index >= 15 is 0 Å². The van der Waals surface area contributed by atoms with Gasteiger partial charge in [-0.25, -0.2) is 22.9 Å². The molecule has 0 saturated carbocycles. The normalized spacial score (nSPS) is 11.4. The number of halogens is 2. The zero-order chi connectivity index (χ0) is 20.3. The Labute approximate surface area is 168 Å². The number of carboxylic acid groups (broad SMARTS) is 1. The molecule has 2 heterocycles. The van der Waals surface area contributed by atoms with Crippen molar-refractivity contribution < 1.29 is 22.7 Å². The van der Waals surface area contributed by atoms with Gasteiger partial charge in [0.25, 0.3) is 0 Å². The second kappa shape index (κ2) is 8.07. The highest BCUT2D eigenvalue weighted by atomic mass is 79.9. The van der Waals surface area contributed by atoms with Crippen LogP contribution in [0.15, 0.2) is 63.1 Å². The first-order valence-corrected chi connectivity index (χ1v) is 10.2. The lowest BCUT2D eigenvalue weighted by Crippen LogP contribution is -2.23. The summed E-state index contributed by atoms with van der Waals surface area (Å²) in [6.45, 7) is 0.0260. The molecule has 0 aliphatic heterocycles. The Morgan fingerprint density at radius 1 is 1.25 bits per heavy atom. The van der Waals surface area contributed by atoms with E-state index in [-0.39, 0.29) is 34.3 Å². The average molecular weight is 469 g/mol. The highest BCUT2D eigenvalue weighted by Gasteiger charge is 2.26. The van der Waals surface area contributed by atoms with Crippen molar-refractivity contribution in [2.24, 2.45) is 0 Å². The topological polar surface area (TPSA) is 114 Å². The number of nitrogens with zero attached hydrogens (tertiary/aromatic N) is 3. The maximum absolute atomic E-state index is 14.2. The van der Waals surface area contributed by atoms with E-state index in [1.807, 2.05) is 0 Å². The van der Waals surface area contributed by atoms with E-state index in [1.165, 1.54) is 36.5 Å². The number of amides is 1. The fourth-order valence-electron chi connectivity index (χ4n) is 2.48. The lowest BCUT2D eigenvalue weighted by molar-refractivity contribution is 0.194. The van der Waals surface area contributed by atoms with Gasteiger partial charge in [-0.3, -0.25) is 0 Å². The van der Waals surface area contributed by atoms with Crippen LogP contribution in [0.3, 0.4) is 0 Å². The van der Waals surface area contributed by atoms with Crippen LogP contribution < -0.4 is 5.32 Å². The zero-order valence-corrected chi connectivity index (χ0v) is 16.6. The molecule has 0 saturated heterocycles. The van der Waals surface area contributed by atoms with Crippen LogP contribution >= 0.6 is 15.9 Å². The van der Waals surface area contributed by atoms with Crippen LogP contribution in [0.25, 0.3) is 5.69 Å². The van der Waals surface area contributed by atoms with Gasteiger partial charge in [0, 0.05) is 23.6 Å². The molecule has 0 spiro atoms. The summed E-state index contributed by atoms with van der Waals surface area (Å²) in [5.41, 5.74) is 0.152. The molecule has 3 rings (SSSR count). The monoisotopic (exact) mass is 468 g/mol. The van der Waals surface area contributed by atoms with Gasteiger partial charge in [-0.05, 0) is 36.4 Å². The maximum Gasteiger partial charge on any atom is 0.404 e. The van der Waals surface area contributed by atoms with E-state index in [4.69, 9.17) is 5.11 Å². The molecule has 0 aliphatic carbocycles. The zero-order valence-electron chi connectivity index (χ0n) is 14.2. The molecule has 0 atom stereocenters. The third-order valence-corrected chi connectivity index (χ3v) is 5.94. The molecule has 0 unspecified atom stereocenters. The largest absolute Gasteiger partial charge is 0.465 e. The second-order valence-corrected chi connectivity index (χ2v) is 8.45. The van der Waals surface area contributed by atoms with Crippen LogP contribution in [0.5, 0.6) is 0 Å². The Hall–Kier alpha value is -2.79. The highest BCUT2D eigenvalue weighted by molar-refractivity contribution is 9.10. The highest BCUT2D eigenvalue weighted by Crippen LogP contribution is 2.27. The van der Waals surface area contributed by atoms with Crippen molar-refractivity contribution in [2.45, 2.75) is 16.3 Å². The molecule has 0 aliphatic rings. The molecule has 0 bridgehead atoms. The molecule has 8 nitrogen and oxygen atoms in total. The number of benzene rings is 1. The van der Waals surface area contributed by atoms with Crippen LogP contribution in [0.2, 0.25) is 0 Å². The smallest absolute Gasteiger partial charge is 0.404 e. The van der Waals surface area contributed by atoms with E-state index in [1.54, 1.807) is 12.1 Å². The summed E-state index contributed by atoms with van der Waals surface area (Å²) in [7, 11) is -4.04.